The normalized spacial score (nSPS) is 15.1. The van der Waals surface area contributed by atoms with E-state index in [4.69, 9.17) is 34.3 Å². The van der Waals surface area contributed by atoms with E-state index in [0.29, 0.717) is 0 Å². The van der Waals surface area contributed by atoms with Gasteiger partial charge in [0.15, 0.2) is 0 Å². The van der Waals surface area contributed by atoms with E-state index in [1.807, 2.05) is 72.0 Å². The van der Waals surface area contributed by atoms with Crippen LogP contribution in [0.15, 0.2) is 344 Å². The fraction of sp³-hybridized carbons (Fsp3) is 0.158. The minimum absolute atomic E-state index is 0.00564. The Morgan fingerprint density at radius 3 is 1.02 bits per heavy atom. The molecule has 5 heterocycles. The Labute approximate surface area is 716 Å². The van der Waals surface area contributed by atoms with Crippen molar-refractivity contribution in [2.24, 2.45) is 0 Å². The maximum atomic E-state index is 6.26. The first-order chi connectivity index (χ1) is 59.0. The summed E-state index contributed by atoms with van der Waals surface area (Å²) in [5.41, 5.74) is 37.2. The number of rotatable bonds is 7. The van der Waals surface area contributed by atoms with Crippen molar-refractivity contribution in [3.8, 4) is 112 Å². The highest BCUT2D eigenvalue weighted by molar-refractivity contribution is 7.25. The predicted molar refractivity (Wildman–Crippen MR) is 511 cm³/mol. The average molecular weight is 1590 g/mol. The molecule has 3 aliphatic rings. The first kappa shape index (κ1) is 75.8. The second kappa shape index (κ2) is 28.5. The number of para-hydroxylation sites is 7. The summed E-state index contributed by atoms with van der Waals surface area (Å²) in [6.45, 7) is 28.5. The SMILES string of the molecule is CC1(C)c2ccccc2-c2cc(-c3nc4ccccc4nc3-c3ccc4c(c3)oc3ccccc34)ccc2C1(C)C.CC1(C)c2ccccc2-c2cc(-c3nc4ccccc4nc3-c3ccc4c(c3)sc3ccccc34)ccc2C1(C)C.CC1(C)c2ccccc2-c2cccc(-c3nc4ccccc4nc3-c3ccc(-c4ccccc4)cc3)c2C1(C)C. The van der Waals surface area contributed by atoms with E-state index in [1.54, 1.807) is 0 Å². The summed E-state index contributed by atoms with van der Waals surface area (Å²) in [5.74, 6) is 0. The van der Waals surface area contributed by atoms with Gasteiger partial charge in [0, 0.05) is 69.7 Å². The van der Waals surface area contributed by atoms with Gasteiger partial charge >= 0.3 is 0 Å². The smallest absolute Gasteiger partial charge is 0.136 e. The van der Waals surface area contributed by atoms with Crippen molar-refractivity contribution in [3.05, 3.63) is 373 Å². The molecule has 122 heavy (non-hydrogen) atoms. The average Bonchev–Trinajstić information content (AvgIpc) is 0.743. The molecule has 0 unspecified atom stereocenters. The number of furan rings is 1. The summed E-state index contributed by atoms with van der Waals surface area (Å²) < 4.78 is 8.84. The van der Waals surface area contributed by atoms with Crippen molar-refractivity contribution in [2.45, 2.75) is 116 Å². The van der Waals surface area contributed by atoms with Crippen LogP contribution in [-0.2, 0) is 32.5 Å². The van der Waals surface area contributed by atoms with Crippen LogP contribution >= 0.6 is 11.3 Å². The van der Waals surface area contributed by atoms with Crippen molar-refractivity contribution in [1.29, 1.82) is 0 Å². The van der Waals surface area contributed by atoms with Crippen molar-refractivity contribution >= 4 is 86.5 Å². The Hall–Kier alpha value is -13.7. The second-order valence-corrected chi connectivity index (χ2v) is 37.5. The minimum Gasteiger partial charge on any atom is -0.456 e. The van der Waals surface area contributed by atoms with Gasteiger partial charge in [-0.15, -0.1) is 11.3 Å². The Bertz CT molecular complexity index is 7340. The van der Waals surface area contributed by atoms with Crippen LogP contribution in [0.25, 0.3) is 187 Å². The van der Waals surface area contributed by atoms with E-state index in [1.165, 1.54) is 98.1 Å². The molecular formula is C114H92N6OS. The molecule has 0 spiro atoms. The Morgan fingerprint density at radius 2 is 0.516 bits per heavy atom. The maximum Gasteiger partial charge on any atom is 0.136 e. The van der Waals surface area contributed by atoms with E-state index >= 15 is 0 Å². The molecule has 0 saturated heterocycles. The summed E-state index contributed by atoms with van der Waals surface area (Å²) in [6, 6.07) is 121. The highest BCUT2D eigenvalue weighted by Crippen LogP contribution is 2.59. The lowest BCUT2D eigenvalue weighted by molar-refractivity contribution is 0.299. The maximum absolute atomic E-state index is 6.26. The molecule has 7 nitrogen and oxygen atoms in total. The standard InChI is InChI=1S/C38H30N2O.C38H30N2S.C38H32N2/c2*1-37(2)29-13-7-5-11-25(29)28-21-23(18-20-30(28)38(37,3)4)35-36(40-32-15-9-8-14-31(32)39-35)24-17-19-27-26-12-6-10-16-33(26)41-34(27)22-24;1-37(2)31-18-9-8-15-28(31)29-16-12-17-30(34(29)38(37,3)4)36-35(39-32-19-10-11-20-33(32)40-36)27-23-21-26(22-24-27)25-13-6-5-7-14-25/h2*5-22H,1-4H3;5-24H,1-4H3. The van der Waals surface area contributed by atoms with E-state index in [0.717, 1.165) is 123 Å². The van der Waals surface area contributed by atoms with E-state index in [-0.39, 0.29) is 32.5 Å². The third-order valence-corrected chi connectivity index (χ3v) is 29.7. The molecule has 0 radical (unpaired) electrons. The molecular weight excluding hydrogens is 1500 g/mol. The molecule has 0 bridgehead atoms. The largest absolute Gasteiger partial charge is 0.456 e. The molecule has 0 atom stereocenters. The number of thiophene rings is 1. The summed E-state index contributed by atoms with van der Waals surface area (Å²) in [5, 5.41) is 4.83. The highest BCUT2D eigenvalue weighted by Gasteiger charge is 2.49. The fourth-order valence-electron chi connectivity index (χ4n) is 19.7. The Kier molecular flexibility index (Phi) is 17.7. The molecule has 0 saturated carbocycles. The molecule has 20 aromatic rings. The van der Waals surface area contributed by atoms with Crippen LogP contribution in [0.3, 0.4) is 0 Å². The highest BCUT2D eigenvalue weighted by atomic mass is 32.1. The van der Waals surface area contributed by atoms with Gasteiger partial charge in [-0.25, -0.2) is 29.9 Å². The summed E-state index contributed by atoms with van der Waals surface area (Å²) in [7, 11) is 0. The minimum atomic E-state index is -0.144. The Morgan fingerprint density at radius 1 is 0.197 bits per heavy atom. The molecule has 0 aliphatic heterocycles. The summed E-state index contributed by atoms with van der Waals surface area (Å²) >= 11 is 1.84. The Balaban J connectivity index is 0.000000113. The monoisotopic (exact) mass is 1590 g/mol. The number of hydrogen-bond acceptors (Lipinski definition) is 8. The number of fused-ring (bicyclic) bond motifs is 18. The second-order valence-electron chi connectivity index (χ2n) is 36.4. The van der Waals surface area contributed by atoms with Crippen LogP contribution in [0, 0.1) is 0 Å². The number of hydrogen-bond donors (Lipinski definition) is 0. The van der Waals surface area contributed by atoms with Gasteiger partial charge in [0.05, 0.1) is 67.3 Å². The molecule has 8 heteroatoms. The van der Waals surface area contributed by atoms with Crippen molar-refractivity contribution in [1.82, 2.24) is 29.9 Å². The van der Waals surface area contributed by atoms with Gasteiger partial charge < -0.3 is 4.42 Å². The molecule has 0 amide bonds. The quantitative estimate of drug-likeness (QED) is 0.157. The van der Waals surface area contributed by atoms with Gasteiger partial charge in [0.1, 0.15) is 11.2 Å². The van der Waals surface area contributed by atoms with Gasteiger partial charge in [-0.1, -0.05) is 344 Å². The van der Waals surface area contributed by atoms with Crippen molar-refractivity contribution < 1.29 is 4.42 Å². The molecule has 3 aliphatic carbocycles. The fourth-order valence-corrected chi connectivity index (χ4v) is 20.9. The number of nitrogens with zero attached hydrogens (tertiary/aromatic N) is 6. The first-order valence-electron chi connectivity index (χ1n) is 42.5. The lowest BCUT2D eigenvalue weighted by atomic mass is 9.54. The summed E-state index contributed by atoms with van der Waals surface area (Å²) in [4.78, 5) is 31.5. The van der Waals surface area contributed by atoms with Gasteiger partial charge in [-0.3, -0.25) is 0 Å². The third kappa shape index (κ3) is 12.0. The predicted octanol–water partition coefficient (Wildman–Crippen LogP) is 30.5. The van der Waals surface area contributed by atoms with Gasteiger partial charge in [-0.05, 0) is 184 Å². The molecule has 0 N–H and O–H groups in total. The topological polar surface area (TPSA) is 90.5 Å². The van der Waals surface area contributed by atoms with Gasteiger partial charge in [-0.2, -0.15) is 0 Å². The van der Waals surface area contributed by atoms with Crippen LogP contribution in [0.5, 0.6) is 0 Å². The first-order valence-corrected chi connectivity index (χ1v) is 43.4. The number of aromatic nitrogens is 6. The van der Waals surface area contributed by atoms with Gasteiger partial charge in [0.2, 0.25) is 0 Å². The number of benzene rings is 15. The zero-order valence-corrected chi connectivity index (χ0v) is 71.6. The van der Waals surface area contributed by atoms with Crippen LogP contribution < -0.4 is 0 Å². The molecule has 5 aromatic heterocycles. The third-order valence-electron chi connectivity index (χ3n) is 28.5. The molecule has 0 fully saturated rings. The van der Waals surface area contributed by atoms with E-state index < -0.39 is 0 Å². The van der Waals surface area contributed by atoms with Gasteiger partial charge in [0.25, 0.3) is 0 Å². The molecule has 590 valence electrons. The lowest BCUT2D eigenvalue weighted by Crippen LogP contribution is -2.44. The summed E-state index contributed by atoms with van der Waals surface area (Å²) in [6.07, 6.45) is 0. The molecule has 15 aromatic carbocycles. The van der Waals surface area contributed by atoms with Crippen molar-refractivity contribution in [3.63, 3.8) is 0 Å². The molecule has 23 rings (SSSR count). The van der Waals surface area contributed by atoms with Crippen LogP contribution in [-0.4, -0.2) is 29.9 Å². The van der Waals surface area contributed by atoms with E-state index in [2.05, 4.69) is 362 Å². The van der Waals surface area contributed by atoms with Crippen LogP contribution in [0.1, 0.15) is 116 Å². The lowest BCUT2D eigenvalue weighted by Gasteiger charge is -2.49. The zero-order valence-electron chi connectivity index (χ0n) is 70.8. The van der Waals surface area contributed by atoms with Crippen LogP contribution in [0.4, 0.5) is 0 Å². The zero-order chi connectivity index (χ0) is 83.3. The van der Waals surface area contributed by atoms with Crippen LogP contribution in [0.2, 0.25) is 0 Å². The van der Waals surface area contributed by atoms with E-state index in [9.17, 15) is 0 Å². The van der Waals surface area contributed by atoms with Crippen molar-refractivity contribution in [2.75, 3.05) is 0 Å².